The topological polar surface area (TPSA) is 43.4 Å². The number of allylic oxidation sites excluding steroid dienone is 2. The zero-order valence-corrected chi connectivity index (χ0v) is 10.1. The number of methoxy groups -OCH3 is 1. The number of hydrogen-bond acceptors (Lipinski definition) is 3. The summed E-state index contributed by atoms with van der Waals surface area (Å²) in [7, 11) is 1.31. The second-order valence-corrected chi connectivity index (χ2v) is 4.55. The average Bonchev–Trinajstić information content (AvgIpc) is 2.56. The highest BCUT2D eigenvalue weighted by molar-refractivity contribution is 6.04. The Morgan fingerprint density at radius 3 is 2.38 bits per heavy atom. The maximum absolute atomic E-state index is 11.9. The molecule has 0 spiro atoms. The van der Waals surface area contributed by atoms with E-state index in [0.29, 0.717) is 12.8 Å². The molecule has 1 saturated carbocycles. The third kappa shape index (κ3) is 1.70. The van der Waals surface area contributed by atoms with Crippen molar-refractivity contribution in [3.63, 3.8) is 0 Å². The Labute approximate surface area is 96.2 Å². The van der Waals surface area contributed by atoms with Crippen LogP contribution >= 0.6 is 0 Å². The van der Waals surface area contributed by atoms with Gasteiger partial charge >= 0.3 is 5.97 Å². The fraction of sp³-hybridized carbons (Fsp3) is 0.538. The Bertz CT molecular complexity index is 367. The summed E-state index contributed by atoms with van der Waals surface area (Å²) in [5.41, 5.74) is 0.658. The smallest absolute Gasteiger partial charge is 0.320 e. The van der Waals surface area contributed by atoms with Crippen LogP contribution < -0.4 is 0 Å². The molecular weight excluding hydrogens is 204 g/mol. The normalized spacial score (nSPS) is 28.9. The van der Waals surface area contributed by atoms with Crippen molar-refractivity contribution in [2.45, 2.75) is 26.7 Å². The van der Waals surface area contributed by atoms with Gasteiger partial charge in [-0.2, -0.15) is 0 Å². The molecule has 0 bridgehead atoms. The molecule has 0 aromatic heterocycles. The van der Waals surface area contributed by atoms with E-state index in [1.807, 2.05) is 6.92 Å². The lowest BCUT2D eigenvalue weighted by Gasteiger charge is -2.30. The van der Waals surface area contributed by atoms with Crippen LogP contribution in [-0.4, -0.2) is 18.9 Å². The Morgan fingerprint density at radius 2 is 2.00 bits per heavy atom. The third-order valence-electron chi connectivity index (χ3n) is 3.39. The largest absolute Gasteiger partial charge is 0.468 e. The lowest BCUT2D eigenvalue weighted by molar-refractivity contribution is -0.159. The van der Waals surface area contributed by atoms with Crippen molar-refractivity contribution in [2.75, 3.05) is 7.11 Å². The molecule has 0 N–H and O–H groups in total. The minimum absolute atomic E-state index is 0.161. The van der Waals surface area contributed by atoms with Crippen LogP contribution in [-0.2, 0) is 14.3 Å². The third-order valence-corrected chi connectivity index (χ3v) is 3.39. The first-order chi connectivity index (χ1) is 7.36. The highest BCUT2D eigenvalue weighted by Crippen LogP contribution is 2.50. The van der Waals surface area contributed by atoms with Gasteiger partial charge in [0.05, 0.1) is 7.11 Å². The van der Waals surface area contributed by atoms with Gasteiger partial charge in [0.25, 0.3) is 0 Å². The van der Waals surface area contributed by atoms with Gasteiger partial charge in [-0.15, -0.1) is 0 Å². The van der Waals surface area contributed by atoms with Gasteiger partial charge in [-0.25, -0.2) is 0 Å². The van der Waals surface area contributed by atoms with Crippen LogP contribution in [0.15, 0.2) is 24.3 Å². The molecule has 1 aliphatic rings. The van der Waals surface area contributed by atoms with Gasteiger partial charge in [0.15, 0.2) is 0 Å². The van der Waals surface area contributed by atoms with Crippen LogP contribution in [0.5, 0.6) is 0 Å². The summed E-state index contributed by atoms with van der Waals surface area (Å²) in [4.78, 5) is 23.8. The van der Waals surface area contributed by atoms with Gasteiger partial charge in [0.2, 0.25) is 0 Å². The minimum Gasteiger partial charge on any atom is -0.468 e. The summed E-state index contributed by atoms with van der Waals surface area (Å²) in [6, 6.07) is 0. The van der Waals surface area contributed by atoms with E-state index in [4.69, 9.17) is 4.74 Å². The van der Waals surface area contributed by atoms with Crippen LogP contribution in [0.2, 0.25) is 0 Å². The summed E-state index contributed by atoms with van der Waals surface area (Å²) in [6.07, 6.45) is 1.02. The molecule has 0 radical (unpaired) electrons. The van der Waals surface area contributed by atoms with Crippen molar-refractivity contribution in [3.05, 3.63) is 24.3 Å². The Balaban J connectivity index is 3.27. The predicted octanol–water partition coefficient (Wildman–Crippen LogP) is 2.28. The summed E-state index contributed by atoms with van der Waals surface area (Å²) in [5, 5.41) is 0. The van der Waals surface area contributed by atoms with Gasteiger partial charge in [0, 0.05) is 5.92 Å². The van der Waals surface area contributed by atoms with Crippen LogP contribution in [0.4, 0.5) is 0 Å². The highest BCUT2D eigenvalue weighted by atomic mass is 16.5. The molecule has 1 fully saturated rings. The average molecular weight is 222 g/mol. The lowest BCUT2D eigenvalue weighted by atomic mass is 9.72. The monoisotopic (exact) mass is 222 g/mol. The second-order valence-electron chi connectivity index (χ2n) is 4.55. The molecular formula is C13H18O3. The van der Waals surface area contributed by atoms with Crippen molar-refractivity contribution in [2.24, 2.45) is 11.3 Å². The van der Waals surface area contributed by atoms with Crippen molar-refractivity contribution in [1.82, 2.24) is 0 Å². The molecule has 88 valence electrons. The molecule has 0 heterocycles. The number of esters is 1. The van der Waals surface area contributed by atoms with Crippen LogP contribution in [0.3, 0.4) is 0 Å². The summed E-state index contributed by atoms with van der Waals surface area (Å²) in [5.74, 6) is -0.803. The molecule has 0 aromatic rings. The summed E-state index contributed by atoms with van der Waals surface area (Å²) >= 11 is 0. The van der Waals surface area contributed by atoms with Crippen LogP contribution in [0, 0.1) is 11.3 Å². The zero-order valence-electron chi connectivity index (χ0n) is 10.1. The fourth-order valence-electron chi connectivity index (χ4n) is 2.56. The van der Waals surface area contributed by atoms with Crippen LogP contribution in [0.25, 0.3) is 0 Å². The van der Waals surface area contributed by atoms with E-state index in [1.54, 1.807) is 0 Å². The van der Waals surface area contributed by atoms with Crippen molar-refractivity contribution >= 4 is 11.8 Å². The molecule has 1 rings (SSSR count). The maximum atomic E-state index is 11.9. The second kappa shape index (κ2) is 4.24. The fourth-order valence-corrected chi connectivity index (χ4v) is 2.56. The molecule has 2 unspecified atom stereocenters. The molecule has 0 saturated heterocycles. The molecule has 0 aromatic carbocycles. The number of hydrogen-bond donors (Lipinski definition) is 0. The predicted molar refractivity (Wildman–Crippen MR) is 61.8 cm³/mol. The summed E-state index contributed by atoms with van der Waals surface area (Å²) < 4.78 is 4.79. The number of ether oxygens (including phenoxy) is 1. The van der Waals surface area contributed by atoms with Crippen molar-refractivity contribution < 1.29 is 14.3 Å². The van der Waals surface area contributed by atoms with Gasteiger partial charge < -0.3 is 4.74 Å². The van der Waals surface area contributed by atoms with E-state index in [-0.39, 0.29) is 11.7 Å². The Kier molecular flexibility index (Phi) is 3.36. The lowest BCUT2D eigenvalue weighted by Crippen LogP contribution is -2.42. The maximum Gasteiger partial charge on any atom is 0.320 e. The Morgan fingerprint density at radius 1 is 1.44 bits per heavy atom. The minimum atomic E-state index is -1.09. The van der Waals surface area contributed by atoms with Gasteiger partial charge in [-0.05, 0) is 26.7 Å². The molecule has 0 amide bonds. The quantitative estimate of drug-likeness (QED) is 0.418. The number of rotatable bonds is 3. The number of carbonyl (C=O) groups excluding carboxylic acids is 2. The van der Waals surface area contributed by atoms with Crippen molar-refractivity contribution in [1.29, 1.82) is 0 Å². The van der Waals surface area contributed by atoms with E-state index in [1.165, 1.54) is 14.0 Å². The SMILES string of the molecule is C=C1CC(C(=C)C)C(C(C)=O)(C(=O)OC)C1. The number of ketones is 1. The Hall–Kier alpha value is -1.38. The molecule has 16 heavy (non-hydrogen) atoms. The molecule has 0 aliphatic heterocycles. The molecule has 2 atom stereocenters. The summed E-state index contributed by atoms with van der Waals surface area (Å²) in [6.45, 7) is 11.0. The first kappa shape index (κ1) is 12.7. The molecule has 3 heteroatoms. The van der Waals surface area contributed by atoms with E-state index in [2.05, 4.69) is 13.2 Å². The van der Waals surface area contributed by atoms with Gasteiger partial charge in [-0.1, -0.05) is 24.3 Å². The van der Waals surface area contributed by atoms with Gasteiger partial charge in [0.1, 0.15) is 11.2 Å². The molecule has 3 nitrogen and oxygen atoms in total. The van der Waals surface area contributed by atoms with Crippen LogP contribution in [0.1, 0.15) is 26.7 Å². The van der Waals surface area contributed by atoms with E-state index in [9.17, 15) is 9.59 Å². The van der Waals surface area contributed by atoms with E-state index < -0.39 is 11.4 Å². The standard InChI is InChI=1S/C13H18O3/c1-8(2)11-6-9(3)7-13(11,10(4)14)12(15)16-5/h11H,1,3,6-7H2,2,4-5H3. The van der Waals surface area contributed by atoms with E-state index in [0.717, 1.165) is 11.1 Å². The first-order valence-electron chi connectivity index (χ1n) is 5.27. The van der Waals surface area contributed by atoms with Gasteiger partial charge in [-0.3, -0.25) is 9.59 Å². The zero-order chi connectivity index (χ0) is 12.5. The first-order valence-corrected chi connectivity index (χ1v) is 5.27. The highest BCUT2D eigenvalue weighted by Gasteiger charge is 2.55. The number of carbonyl (C=O) groups is 2. The van der Waals surface area contributed by atoms with E-state index >= 15 is 0 Å². The molecule has 1 aliphatic carbocycles. The number of Topliss-reactive ketones (excluding diaryl/α,β-unsaturated/α-hetero) is 1. The van der Waals surface area contributed by atoms with Crippen molar-refractivity contribution in [3.8, 4) is 0 Å².